The van der Waals surface area contributed by atoms with E-state index in [1.165, 1.54) is 4.88 Å². The Kier molecular flexibility index (Phi) is 5.07. The number of aryl methyl sites for hydroxylation is 1. The molecule has 1 aromatic heterocycles. The van der Waals surface area contributed by atoms with Crippen molar-refractivity contribution in [2.75, 3.05) is 13.2 Å². The predicted octanol–water partition coefficient (Wildman–Crippen LogP) is 2.43. The van der Waals surface area contributed by atoms with Crippen LogP contribution in [-0.2, 0) is 11.2 Å². The fraction of sp³-hybridized carbons (Fsp3) is 0.500. The van der Waals surface area contributed by atoms with Gasteiger partial charge in [0.1, 0.15) is 0 Å². The average Bonchev–Trinajstić information content (AvgIpc) is 2.65. The molecule has 0 bridgehead atoms. The first-order valence-corrected chi connectivity index (χ1v) is 5.64. The molecule has 0 saturated carbocycles. The molecule has 0 atom stereocenters. The van der Waals surface area contributed by atoms with Gasteiger partial charge in [-0.25, -0.2) is 4.79 Å². The molecular formula is C10H15NO2S. The summed E-state index contributed by atoms with van der Waals surface area (Å²) in [5, 5.41) is 4.75. The second kappa shape index (κ2) is 6.43. The Hall–Kier alpha value is -1.03. The molecule has 3 nitrogen and oxygen atoms in total. The van der Waals surface area contributed by atoms with Gasteiger partial charge < -0.3 is 10.1 Å². The molecule has 0 spiro atoms. The Bertz CT molecular complexity index is 259. The van der Waals surface area contributed by atoms with Gasteiger partial charge in [-0.05, 0) is 31.2 Å². The predicted molar refractivity (Wildman–Crippen MR) is 57.7 cm³/mol. The van der Waals surface area contributed by atoms with Gasteiger partial charge in [-0.3, -0.25) is 0 Å². The topological polar surface area (TPSA) is 38.3 Å². The second-order valence-corrected chi connectivity index (χ2v) is 3.86. The number of carbonyl (C=O) groups is 1. The van der Waals surface area contributed by atoms with E-state index in [2.05, 4.69) is 16.8 Å². The second-order valence-electron chi connectivity index (χ2n) is 2.83. The summed E-state index contributed by atoms with van der Waals surface area (Å²) in [6, 6.07) is 4.15. The summed E-state index contributed by atoms with van der Waals surface area (Å²) >= 11 is 1.75. The van der Waals surface area contributed by atoms with E-state index >= 15 is 0 Å². The van der Waals surface area contributed by atoms with Crippen molar-refractivity contribution < 1.29 is 9.53 Å². The standard InChI is InChI=1S/C10H15NO2S/c1-2-13-10(12)11-7-3-5-9-6-4-8-14-9/h4,6,8H,2-3,5,7H2,1H3,(H,11,12). The largest absolute Gasteiger partial charge is 0.450 e. The lowest BCUT2D eigenvalue weighted by Crippen LogP contribution is -2.25. The number of thiophene rings is 1. The van der Waals surface area contributed by atoms with Crippen molar-refractivity contribution in [3.05, 3.63) is 22.4 Å². The number of hydrogen-bond acceptors (Lipinski definition) is 3. The molecule has 0 aliphatic carbocycles. The Morgan fingerprint density at radius 1 is 1.64 bits per heavy atom. The van der Waals surface area contributed by atoms with E-state index in [0.717, 1.165) is 12.8 Å². The number of ether oxygens (including phenoxy) is 1. The number of nitrogens with one attached hydrogen (secondary N) is 1. The highest BCUT2D eigenvalue weighted by Gasteiger charge is 1.98. The van der Waals surface area contributed by atoms with Crippen LogP contribution in [0.3, 0.4) is 0 Å². The first-order chi connectivity index (χ1) is 6.83. The van der Waals surface area contributed by atoms with Crippen molar-refractivity contribution in [1.29, 1.82) is 0 Å². The number of alkyl carbamates (subject to hydrolysis) is 1. The van der Waals surface area contributed by atoms with Crippen molar-refractivity contribution in [2.24, 2.45) is 0 Å². The van der Waals surface area contributed by atoms with Gasteiger partial charge in [0.2, 0.25) is 0 Å². The van der Waals surface area contributed by atoms with Gasteiger partial charge in [0.25, 0.3) is 0 Å². The molecule has 0 aliphatic rings. The van der Waals surface area contributed by atoms with Crippen LogP contribution in [-0.4, -0.2) is 19.2 Å². The van der Waals surface area contributed by atoms with Gasteiger partial charge in [-0.1, -0.05) is 6.07 Å². The number of carbonyl (C=O) groups excluding carboxylic acids is 1. The average molecular weight is 213 g/mol. The van der Waals surface area contributed by atoms with Crippen molar-refractivity contribution in [3.63, 3.8) is 0 Å². The number of amides is 1. The molecule has 14 heavy (non-hydrogen) atoms. The fourth-order valence-electron chi connectivity index (χ4n) is 1.09. The van der Waals surface area contributed by atoms with Crippen LogP contribution in [0.25, 0.3) is 0 Å². The first-order valence-electron chi connectivity index (χ1n) is 4.76. The first kappa shape index (κ1) is 11.0. The minimum Gasteiger partial charge on any atom is -0.450 e. The molecule has 1 amide bonds. The molecule has 0 aliphatic heterocycles. The lowest BCUT2D eigenvalue weighted by molar-refractivity contribution is 0.152. The quantitative estimate of drug-likeness (QED) is 0.763. The highest BCUT2D eigenvalue weighted by atomic mass is 32.1. The molecule has 0 unspecified atom stereocenters. The summed E-state index contributed by atoms with van der Waals surface area (Å²) in [5.74, 6) is 0. The van der Waals surface area contributed by atoms with E-state index in [9.17, 15) is 4.79 Å². The zero-order chi connectivity index (χ0) is 10.2. The van der Waals surface area contributed by atoms with E-state index in [4.69, 9.17) is 4.74 Å². The van der Waals surface area contributed by atoms with E-state index in [1.807, 2.05) is 6.07 Å². The van der Waals surface area contributed by atoms with Gasteiger partial charge in [0.15, 0.2) is 0 Å². The fourth-order valence-corrected chi connectivity index (χ4v) is 1.84. The maximum absolute atomic E-state index is 10.9. The van der Waals surface area contributed by atoms with Crippen LogP contribution in [0.5, 0.6) is 0 Å². The highest BCUT2D eigenvalue weighted by Crippen LogP contribution is 2.10. The zero-order valence-electron chi connectivity index (χ0n) is 8.29. The van der Waals surface area contributed by atoms with Crippen LogP contribution in [0.15, 0.2) is 17.5 Å². The number of rotatable bonds is 5. The van der Waals surface area contributed by atoms with Crippen LogP contribution in [0, 0.1) is 0 Å². The van der Waals surface area contributed by atoms with E-state index < -0.39 is 0 Å². The number of hydrogen-bond donors (Lipinski definition) is 1. The maximum atomic E-state index is 10.9. The Morgan fingerprint density at radius 2 is 2.50 bits per heavy atom. The minimum absolute atomic E-state index is 0.321. The summed E-state index contributed by atoms with van der Waals surface area (Å²) in [6.07, 6.45) is 1.65. The van der Waals surface area contributed by atoms with Gasteiger partial charge >= 0.3 is 6.09 Å². The van der Waals surface area contributed by atoms with Gasteiger partial charge in [-0.15, -0.1) is 11.3 Å². The van der Waals surface area contributed by atoms with Crippen molar-refractivity contribution >= 4 is 17.4 Å². The molecule has 78 valence electrons. The summed E-state index contributed by atoms with van der Waals surface area (Å²) in [4.78, 5) is 12.2. The summed E-state index contributed by atoms with van der Waals surface area (Å²) in [7, 11) is 0. The molecule has 0 radical (unpaired) electrons. The molecule has 1 N–H and O–H groups in total. The van der Waals surface area contributed by atoms with Crippen LogP contribution >= 0.6 is 11.3 Å². The van der Waals surface area contributed by atoms with E-state index in [1.54, 1.807) is 18.3 Å². The molecule has 0 saturated heterocycles. The summed E-state index contributed by atoms with van der Waals surface area (Å²) in [5.41, 5.74) is 0. The summed E-state index contributed by atoms with van der Waals surface area (Å²) in [6.45, 7) is 2.90. The third-order valence-corrected chi connectivity index (χ3v) is 2.66. The SMILES string of the molecule is CCOC(=O)NCCCc1cccs1. The monoisotopic (exact) mass is 213 g/mol. The van der Waals surface area contributed by atoms with Crippen LogP contribution in [0.1, 0.15) is 18.2 Å². The normalized spacial score (nSPS) is 9.79. The Labute approximate surface area is 88.1 Å². The van der Waals surface area contributed by atoms with Crippen molar-refractivity contribution in [3.8, 4) is 0 Å². The molecule has 1 heterocycles. The van der Waals surface area contributed by atoms with Crippen LogP contribution in [0.2, 0.25) is 0 Å². The van der Waals surface area contributed by atoms with Crippen LogP contribution in [0.4, 0.5) is 4.79 Å². The summed E-state index contributed by atoms with van der Waals surface area (Å²) < 4.78 is 4.73. The van der Waals surface area contributed by atoms with E-state index in [0.29, 0.717) is 13.2 Å². The third kappa shape index (κ3) is 4.28. The molecule has 0 aromatic carbocycles. The minimum atomic E-state index is -0.321. The van der Waals surface area contributed by atoms with Gasteiger partial charge in [0.05, 0.1) is 6.61 Å². The van der Waals surface area contributed by atoms with E-state index in [-0.39, 0.29) is 6.09 Å². The van der Waals surface area contributed by atoms with Crippen molar-refractivity contribution in [2.45, 2.75) is 19.8 Å². The Morgan fingerprint density at radius 3 is 3.14 bits per heavy atom. The maximum Gasteiger partial charge on any atom is 0.407 e. The lowest BCUT2D eigenvalue weighted by Gasteiger charge is -2.03. The zero-order valence-corrected chi connectivity index (χ0v) is 9.10. The molecule has 1 rings (SSSR count). The molecule has 4 heteroatoms. The molecular weight excluding hydrogens is 198 g/mol. The molecule has 0 fully saturated rings. The lowest BCUT2D eigenvalue weighted by atomic mass is 10.3. The highest BCUT2D eigenvalue weighted by molar-refractivity contribution is 7.09. The third-order valence-electron chi connectivity index (χ3n) is 1.72. The van der Waals surface area contributed by atoms with Crippen LogP contribution < -0.4 is 5.32 Å². The van der Waals surface area contributed by atoms with Gasteiger partial charge in [-0.2, -0.15) is 0 Å². The molecule has 1 aromatic rings. The smallest absolute Gasteiger partial charge is 0.407 e. The van der Waals surface area contributed by atoms with Gasteiger partial charge in [0, 0.05) is 11.4 Å². The van der Waals surface area contributed by atoms with Crippen molar-refractivity contribution in [1.82, 2.24) is 5.32 Å². The Balaban J connectivity index is 2.02.